The van der Waals surface area contributed by atoms with E-state index in [0.29, 0.717) is 48.3 Å². The number of aromatic nitrogens is 2. The van der Waals surface area contributed by atoms with Crippen LogP contribution >= 0.6 is 0 Å². The maximum absolute atomic E-state index is 14.8. The number of phenols is 1. The van der Waals surface area contributed by atoms with Gasteiger partial charge in [0.1, 0.15) is 42.2 Å². The number of rotatable bonds is 5. The van der Waals surface area contributed by atoms with Gasteiger partial charge in [0.15, 0.2) is 5.82 Å². The number of fused-ring (bicyclic) bond motifs is 3. The van der Waals surface area contributed by atoms with Crippen LogP contribution in [0.25, 0.3) is 33.0 Å². The summed E-state index contributed by atoms with van der Waals surface area (Å²) in [6, 6.07) is 5.63. The number of ether oxygens (including phenoxy) is 2. The summed E-state index contributed by atoms with van der Waals surface area (Å²) < 4.78 is 47.0. The molecule has 0 amide bonds. The SMILES string of the molecule is C#Cc1c(F)ccc2cc(O)cc(-c3oc(=O)c4c(N5CCCOC5)nc(OC[C@@]56CCCN5C[C@H](F)C6)nc4c3C)c12. The Hall–Kier alpha value is -4.27. The summed E-state index contributed by atoms with van der Waals surface area (Å²) in [4.78, 5) is 27.0. The topological polar surface area (TPSA) is 101 Å². The molecule has 0 saturated carbocycles. The van der Waals surface area contributed by atoms with E-state index in [9.17, 15) is 18.7 Å². The molecule has 2 atom stereocenters. The van der Waals surface area contributed by atoms with Gasteiger partial charge >= 0.3 is 11.6 Å². The molecule has 11 heteroatoms. The van der Waals surface area contributed by atoms with Gasteiger partial charge in [0.2, 0.25) is 0 Å². The van der Waals surface area contributed by atoms with Crippen LogP contribution in [-0.4, -0.2) is 71.3 Å². The number of aryl methyl sites for hydroxylation is 1. The van der Waals surface area contributed by atoms with E-state index in [4.69, 9.17) is 20.3 Å². The summed E-state index contributed by atoms with van der Waals surface area (Å²) >= 11 is 0. The van der Waals surface area contributed by atoms with Gasteiger partial charge in [-0.2, -0.15) is 9.97 Å². The molecule has 9 nitrogen and oxygen atoms in total. The van der Waals surface area contributed by atoms with Crippen LogP contribution < -0.4 is 15.3 Å². The molecule has 5 heterocycles. The molecule has 3 fully saturated rings. The Labute approximate surface area is 246 Å². The molecule has 0 bridgehead atoms. The van der Waals surface area contributed by atoms with E-state index in [1.807, 2.05) is 4.90 Å². The van der Waals surface area contributed by atoms with Crippen LogP contribution in [0, 0.1) is 25.1 Å². The average Bonchev–Trinajstić information content (AvgIpc) is 3.53. The highest BCUT2D eigenvalue weighted by molar-refractivity contribution is 6.03. The van der Waals surface area contributed by atoms with Crippen LogP contribution in [0.5, 0.6) is 11.8 Å². The minimum absolute atomic E-state index is 0.0179. The predicted molar refractivity (Wildman–Crippen MR) is 157 cm³/mol. The Morgan fingerprint density at radius 3 is 2.88 bits per heavy atom. The maximum atomic E-state index is 14.8. The van der Waals surface area contributed by atoms with Crippen molar-refractivity contribution in [2.75, 3.05) is 44.5 Å². The van der Waals surface area contributed by atoms with Gasteiger partial charge in [0.25, 0.3) is 0 Å². The number of alkyl halides is 1. The molecule has 43 heavy (non-hydrogen) atoms. The third-order valence-corrected chi connectivity index (χ3v) is 8.90. The molecular weight excluding hydrogens is 558 g/mol. The van der Waals surface area contributed by atoms with Crippen LogP contribution in [0.3, 0.4) is 0 Å². The van der Waals surface area contributed by atoms with Gasteiger partial charge in [-0.1, -0.05) is 12.0 Å². The zero-order chi connectivity index (χ0) is 29.9. The van der Waals surface area contributed by atoms with Crippen LogP contribution in [0.1, 0.15) is 36.8 Å². The summed E-state index contributed by atoms with van der Waals surface area (Å²) in [5.41, 5.74) is -0.167. The molecule has 4 aromatic rings. The largest absolute Gasteiger partial charge is 0.508 e. The van der Waals surface area contributed by atoms with Crippen LogP contribution in [0.15, 0.2) is 33.5 Å². The number of aromatic hydroxyl groups is 1. The lowest BCUT2D eigenvalue weighted by Crippen LogP contribution is -2.43. The van der Waals surface area contributed by atoms with Gasteiger partial charge in [-0.25, -0.2) is 13.6 Å². The molecule has 222 valence electrons. The highest BCUT2D eigenvalue weighted by Gasteiger charge is 2.49. The summed E-state index contributed by atoms with van der Waals surface area (Å²) in [6.07, 6.45) is 7.68. The zero-order valence-electron chi connectivity index (χ0n) is 23.7. The third kappa shape index (κ3) is 4.56. The minimum atomic E-state index is -0.910. The number of halogens is 2. The fourth-order valence-electron chi connectivity index (χ4n) is 6.92. The number of nitrogens with zero attached hydrogens (tertiary/aromatic N) is 4. The predicted octanol–water partition coefficient (Wildman–Crippen LogP) is 4.68. The lowest BCUT2D eigenvalue weighted by molar-refractivity contribution is 0.103. The number of hydrogen-bond donors (Lipinski definition) is 1. The van der Waals surface area contributed by atoms with Crippen molar-refractivity contribution in [3.8, 4) is 35.4 Å². The number of anilines is 1. The van der Waals surface area contributed by atoms with Gasteiger partial charge in [0, 0.05) is 36.0 Å². The van der Waals surface area contributed by atoms with E-state index < -0.39 is 23.2 Å². The zero-order valence-corrected chi connectivity index (χ0v) is 23.7. The Morgan fingerprint density at radius 2 is 2.09 bits per heavy atom. The second-order valence-electron chi connectivity index (χ2n) is 11.6. The van der Waals surface area contributed by atoms with E-state index in [1.165, 1.54) is 24.3 Å². The van der Waals surface area contributed by atoms with Crippen molar-refractivity contribution in [1.82, 2.24) is 14.9 Å². The molecule has 3 aliphatic rings. The van der Waals surface area contributed by atoms with Gasteiger partial charge < -0.3 is 23.9 Å². The van der Waals surface area contributed by atoms with Gasteiger partial charge in [-0.3, -0.25) is 4.90 Å². The summed E-state index contributed by atoms with van der Waals surface area (Å²) in [7, 11) is 0. The molecule has 0 radical (unpaired) electrons. The molecule has 7 rings (SSSR count). The van der Waals surface area contributed by atoms with Crippen molar-refractivity contribution in [2.24, 2.45) is 0 Å². The molecular formula is C32H30F2N4O5. The van der Waals surface area contributed by atoms with Crippen molar-refractivity contribution in [3.05, 3.63) is 51.6 Å². The molecule has 2 aromatic heterocycles. The van der Waals surface area contributed by atoms with Crippen LogP contribution in [-0.2, 0) is 4.74 Å². The van der Waals surface area contributed by atoms with Crippen molar-refractivity contribution in [2.45, 2.75) is 44.3 Å². The first kappa shape index (κ1) is 27.6. The standard InChI is InChI=1S/C32H30F2N4O5/c1-3-22-24(34)7-6-19-12-21(39)13-23(25(19)22)28-18(2)27-26(30(40)43-28)29(37-9-5-11-41-17-37)36-31(35-27)42-16-32-8-4-10-38(32)15-20(33)14-32/h1,6-7,12-13,20,39H,4-5,8-11,14-17H2,2H3/t20-,32+/m1/s1. The van der Waals surface area contributed by atoms with Gasteiger partial charge in [0.05, 0.1) is 23.2 Å². The summed E-state index contributed by atoms with van der Waals surface area (Å²) in [5.74, 6) is 2.07. The van der Waals surface area contributed by atoms with Crippen molar-refractivity contribution in [3.63, 3.8) is 0 Å². The van der Waals surface area contributed by atoms with Crippen LogP contribution in [0.4, 0.5) is 14.6 Å². The van der Waals surface area contributed by atoms with E-state index in [2.05, 4.69) is 20.8 Å². The number of phenolic OH excluding ortho intramolecular Hbond substituents is 1. The second kappa shape index (κ2) is 10.5. The second-order valence-corrected chi connectivity index (χ2v) is 11.6. The van der Waals surface area contributed by atoms with E-state index in [-0.39, 0.29) is 52.9 Å². The fraction of sp³-hybridized carbons (Fsp3) is 0.406. The first-order chi connectivity index (χ1) is 20.8. The third-order valence-electron chi connectivity index (χ3n) is 8.90. The monoisotopic (exact) mass is 588 g/mol. The maximum Gasteiger partial charge on any atom is 0.349 e. The molecule has 3 saturated heterocycles. The molecule has 3 aliphatic heterocycles. The molecule has 0 aliphatic carbocycles. The summed E-state index contributed by atoms with van der Waals surface area (Å²) in [5, 5.41) is 11.5. The van der Waals surface area contributed by atoms with Crippen molar-refractivity contribution in [1.29, 1.82) is 0 Å². The number of hydrogen-bond acceptors (Lipinski definition) is 9. The summed E-state index contributed by atoms with van der Waals surface area (Å²) in [6.45, 7) is 4.54. The van der Waals surface area contributed by atoms with Gasteiger partial charge in [-0.15, -0.1) is 6.42 Å². The Bertz CT molecular complexity index is 1870. The van der Waals surface area contributed by atoms with Gasteiger partial charge in [-0.05, 0) is 56.3 Å². The normalized spacial score (nSPS) is 22.3. The van der Waals surface area contributed by atoms with E-state index in [0.717, 1.165) is 25.8 Å². The fourth-order valence-corrected chi connectivity index (χ4v) is 6.92. The van der Waals surface area contributed by atoms with Crippen LogP contribution in [0.2, 0.25) is 0 Å². The number of benzene rings is 2. The quantitative estimate of drug-likeness (QED) is 0.333. The lowest BCUT2D eigenvalue weighted by atomic mass is 9.95. The van der Waals surface area contributed by atoms with Crippen molar-refractivity contribution < 1.29 is 27.8 Å². The molecule has 2 aromatic carbocycles. The molecule has 0 unspecified atom stereocenters. The first-order valence-electron chi connectivity index (χ1n) is 14.4. The molecule has 1 N–H and O–H groups in total. The van der Waals surface area contributed by atoms with E-state index >= 15 is 0 Å². The van der Waals surface area contributed by atoms with E-state index in [1.54, 1.807) is 6.92 Å². The Balaban J connectivity index is 1.41. The smallest absolute Gasteiger partial charge is 0.349 e. The highest BCUT2D eigenvalue weighted by atomic mass is 19.1. The first-order valence-corrected chi connectivity index (χ1v) is 14.4. The van der Waals surface area contributed by atoms with Crippen molar-refractivity contribution >= 4 is 27.5 Å². The highest BCUT2D eigenvalue weighted by Crippen LogP contribution is 2.42. The molecule has 0 spiro atoms. The Morgan fingerprint density at radius 1 is 1.23 bits per heavy atom. The lowest BCUT2D eigenvalue weighted by Gasteiger charge is -2.31. The average molecular weight is 589 g/mol. The number of terminal acetylenes is 1. The minimum Gasteiger partial charge on any atom is -0.508 e. The Kier molecular flexibility index (Phi) is 6.71.